The molecule has 1 saturated carbocycles. The van der Waals surface area contributed by atoms with E-state index < -0.39 is 11.9 Å². The van der Waals surface area contributed by atoms with E-state index in [1.807, 2.05) is 4.90 Å². The number of aromatic nitrogens is 1. The lowest BCUT2D eigenvalue weighted by Crippen LogP contribution is -2.41. The molecule has 0 aliphatic heterocycles. The van der Waals surface area contributed by atoms with Crippen molar-refractivity contribution < 1.29 is 18.3 Å². The number of rotatable bonds is 5. The lowest BCUT2D eigenvalue weighted by atomic mass is 9.90. The van der Waals surface area contributed by atoms with Gasteiger partial charge in [-0.15, -0.1) is 0 Å². The zero-order valence-corrected chi connectivity index (χ0v) is 11.0. The molecule has 0 radical (unpaired) electrons. The van der Waals surface area contributed by atoms with Crippen molar-refractivity contribution in [3.63, 3.8) is 0 Å². The van der Waals surface area contributed by atoms with E-state index in [4.69, 9.17) is 10.8 Å². The molecule has 3 N–H and O–H groups in total. The van der Waals surface area contributed by atoms with Crippen LogP contribution in [0.1, 0.15) is 31.4 Å². The van der Waals surface area contributed by atoms with Crippen molar-refractivity contribution in [2.24, 2.45) is 0 Å². The van der Waals surface area contributed by atoms with Crippen LogP contribution in [0, 0.1) is 0 Å². The third kappa shape index (κ3) is 3.15. The molecule has 0 unspecified atom stereocenters. The van der Waals surface area contributed by atoms with Crippen molar-refractivity contribution in [3.8, 4) is 0 Å². The Balaban J connectivity index is 2.30. The number of halogens is 3. The Morgan fingerprint density at radius 1 is 1.40 bits per heavy atom. The second kappa shape index (κ2) is 5.87. The highest BCUT2D eigenvalue weighted by Crippen LogP contribution is 2.36. The Morgan fingerprint density at radius 3 is 2.60 bits per heavy atom. The van der Waals surface area contributed by atoms with Gasteiger partial charge in [-0.2, -0.15) is 13.2 Å². The zero-order valence-electron chi connectivity index (χ0n) is 11.0. The molecule has 7 heteroatoms. The highest BCUT2D eigenvalue weighted by Gasteiger charge is 2.34. The van der Waals surface area contributed by atoms with Crippen LogP contribution in [0.3, 0.4) is 0 Å². The Morgan fingerprint density at radius 2 is 2.10 bits per heavy atom. The molecule has 0 spiro atoms. The van der Waals surface area contributed by atoms with Crippen molar-refractivity contribution in [3.05, 3.63) is 18.0 Å². The fraction of sp³-hybridized carbons (Fsp3) is 0.615. The summed E-state index contributed by atoms with van der Waals surface area (Å²) in [6, 6.07) is 1.21. The van der Waals surface area contributed by atoms with Crippen LogP contribution in [0.4, 0.5) is 24.5 Å². The summed E-state index contributed by atoms with van der Waals surface area (Å²) in [6.45, 7) is 0.493. The van der Waals surface area contributed by atoms with Crippen LogP contribution < -0.4 is 10.6 Å². The first kappa shape index (κ1) is 14.9. The van der Waals surface area contributed by atoms with Gasteiger partial charge in [-0.3, -0.25) is 0 Å². The van der Waals surface area contributed by atoms with Crippen molar-refractivity contribution >= 4 is 11.4 Å². The number of alkyl halides is 3. The van der Waals surface area contributed by atoms with Crippen molar-refractivity contribution in [1.29, 1.82) is 0 Å². The zero-order chi connectivity index (χ0) is 14.8. The van der Waals surface area contributed by atoms with E-state index in [1.54, 1.807) is 0 Å². The van der Waals surface area contributed by atoms with E-state index in [0.29, 0.717) is 18.7 Å². The molecule has 112 valence electrons. The molecule has 0 aromatic carbocycles. The SMILES string of the molecule is Nc1cnc(C(F)(F)F)cc1N(CCCO)C1CCC1. The van der Waals surface area contributed by atoms with Gasteiger partial charge in [0.15, 0.2) is 0 Å². The fourth-order valence-corrected chi connectivity index (χ4v) is 2.30. The van der Waals surface area contributed by atoms with Gasteiger partial charge in [0, 0.05) is 19.2 Å². The highest BCUT2D eigenvalue weighted by atomic mass is 19.4. The van der Waals surface area contributed by atoms with Gasteiger partial charge in [-0.1, -0.05) is 0 Å². The molecule has 1 aromatic heterocycles. The molecule has 1 aliphatic carbocycles. The third-order valence-electron chi connectivity index (χ3n) is 3.58. The van der Waals surface area contributed by atoms with Gasteiger partial charge in [0.25, 0.3) is 0 Å². The van der Waals surface area contributed by atoms with Gasteiger partial charge in [0.2, 0.25) is 0 Å². The average molecular weight is 289 g/mol. The third-order valence-corrected chi connectivity index (χ3v) is 3.58. The number of nitrogens with zero attached hydrogens (tertiary/aromatic N) is 2. The minimum absolute atomic E-state index is 0.000334. The van der Waals surface area contributed by atoms with E-state index in [9.17, 15) is 13.2 Å². The molecule has 0 saturated heterocycles. The maximum atomic E-state index is 12.8. The first-order valence-electron chi connectivity index (χ1n) is 6.63. The number of nitrogen functional groups attached to an aromatic ring is 1. The molecule has 1 heterocycles. The van der Waals surface area contributed by atoms with E-state index in [0.717, 1.165) is 31.5 Å². The van der Waals surface area contributed by atoms with Crippen LogP contribution in [0.15, 0.2) is 12.3 Å². The predicted molar refractivity (Wildman–Crippen MR) is 70.3 cm³/mol. The van der Waals surface area contributed by atoms with Crippen molar-refractivity contribution in [1.82, 2.24) is 4.98 Å². The van der Waals surface area contributed by atoms with Crippen LogP contribution in [0.25, 0.3) is 0 Å². The van der Waals surface area contributed by atoms with Crippen LogP contribution in [-0.2, 0) is 6.18 Å². The van der Waals surface area contributed by atoms with Gasteiger partial charge < -0.3 is 15.7 Å². The standard InChI is InChI=1S/C13H18F3N3O/c14-13(15,16)12-7-11(10(17)8-18-12)19(5-2-6-20)9-3-1-4-9/h7-9,20H,1-6,17H2. The summed E-state index contributed by atoms with van der Waals surface area (Å²) >= 11 is 0. The first-order valence-corrected chi connectivity index (χ1v) is 6.63. The maximum absolute atomic E-state index is 12.8. The lowest BCUT2D eigenvalue weighted by Gasteiger charge is -2.40. The first-order chi connectivity index (χ1) is 9.43. The molecule has 20 heavy (non-hydrogen) atoms. The average Bonchev–Trinajstić information content (AvgIpc) is 2.31. The number of anilines is 2. The summed E-state index contributed by atoms with van der Waals surface area (Å²) in [4.78, 5) is 5.22. The largest absolute Gasteiger partial charge is 0.433 e. The predicted octanol–water partition coefficient (Wildman–Crippen LogP) is 2.42. The second-order valence-corrected chi connectivity index (χ2v) is 4.98. The molecule has 0 atom stereocenters. The van der Waals surface area contributed by atoms with Gasteiger partial charge in [0.1, 0.15) is 5.69 Å². The molecule has 0 amide bonds. The number of pyridine rings is 1. The molecule has 1 fully saturated rings. The van der Waals surface area contributed by atoms with Gasteiger partial charge >= 0.3 is 6.18 Å². The van der Waals surface area contributed by atoms with Crippen LogP contribution in [0.2, 0.25) is 0 Å². The van der Waals surface area contributed by atoms with E-state index in [2.05, 4.69) is 4.98 Å². The topological polar surface area (TPSA) is 62.4 Å². The number of aliphatic hydroxyl groups is 1. The van der Waals surface area contributed by atoms with Gasteiger partial charge in [-0.25, -0.2) is 4.98 Å². The maximum Gasteiger partial charge on any atom is 0.433 e. The summed E-state index contributed by atoms with van der Waals surface area (Å²) < 4.78 is 38.3. The lowest BCUT2D eigenvalue weighted by molar-refractivity contribution is -0.141. The minimum atomic E-state index is -4.48. The molecular weight excluding hydrogens is 271 g/mol. The molecule has 2 rings (SSSR count). The summed E-state index contributed by atoms with van der Waals surface area (Å²) in [6.07, 6.45) is 0.0214. The quantitative estimate of drug-likeness (QED) is 0.874. The van der Waals surface area contributed by atoms with Crippen LogP contribution in [-0.4, -0.2) is 29.3 Å². The van der Waals surface area contributed by atoms with Crippen LogP contribution >= 0.6 is 0 Å². The number of aliphatic hydroxyl groups excluding tert-OH is 1. The number of nitrogens with two attached hydrogens (primary N) is 1. The summed E-state index contributed by atoms with van der Waals surface area (Å²) in [5.41, 5.74) is 5.46. The van der Waals surface area contributed by atoms with E-state index >= 15 is 0 Å². The van der Waals surface area contributed by atoms with E-state index in [-0.39, 0.29) is 18.3 Å². The summed E-state index contributed by atoms with van der Waals surface area (Å²) in [5.74, 6) is 0. The van der Waals surface area contributed by atoms with Gasteiger partial charge in [-0.05, 0) is 31.7 Å². The molecule has 4 nitrogen and oxygen atoms in total. The van der Waals surface area contributed by atoms with Gasteiger partial charge in [0.05, 0.1) is 17.6 Å². The molecule has 1 aliphatic rings. The van der Waals surface area contributed by atoms with Crippen molar-refractivity contribution in [2.45, 2.75) is 37.9 Å². The summed E-state index contributed by atoms with van der Waals surface area (Å²) in [5, 5.41) is 8.94. The minimum Gasteiger partial charge on any atom is -0.396 e. The highest BCUT2D eigenvalue weighted by molar-refractivity contribution is 5.67. The number of hydrogen-bond donors (Lipinski definition) is 2. The molecular formula is C13H18F3N3O. The monoisotopic (exact) mass is 289 g/mol. The normalized spacial score (nSPS) is 16.0. The summed E-state index contributed by atoms with van der Waals surface area (Å²) in [7, 11) is 0. The second-order valence-electron chi connectivity index (χ2n) is 4.98. The molecule has 1 aromatic rings. The Labute approximate surface area is 115 Å². The Hall–Kier alpha value is -1.50. The van der Waals surface area contributed by atoms with E-state index in [1.165, 1.54) is 0 Å². The molecule has 0 bridgehead atoms. The Kier molecular flexibility index (Phi) is 4.37. The van der Waals surface area contributed by atoms with Crippen LogP contribution in [0.5, 0.6) is 0 Å². The fourth-order valence-electron chi connectivity index (χ4n) is 2.30. The van der Waals surface area contributed by atoms with Crippen molar-refractivity contribution in [2.75, 3.05) is 23.8 Å². The smallest absolute Gasteiger partial charge is 0.396 e. The Bertz CT molecular complexity index is 461. The number of hydrogen-bond acceptors (Lipinski definition) is 4.